The lowest BCUT2D eigenvalue weighted by Gasteiger charge is -2.15. The molecule has 1 aromatic carbocycles. The van der Waals surface area contributed by atoms with Crippen LogP contribution in [-0.4, -0.2) is 31.7 Å². The Bertz CT molecular complexity index is 874. The zero-order chi connectivity index (χ0) is 17.8. The van der Waals surface area contributed by atoms with Crippen molar-refractivity contribution >= 4 is 17.4 Å². The molecule has 1 atom stereocenters. The Labute approximate surface area is 146 Å². The Morgan fingerprint density at radius 1 is 1.16 bits per heavy atom. The van der Waals surface area contributed by atoms with Crippen molar-refractivity contribution in [2.24, 2.45) is 0 Å². The molecule has 1 unspecified atom stereocenters. The Kier molecular flexibility index (Phi) is 4.74. The number of aromatic nitrogens is 4. The molecule has 0 aliphatic heterocycles. The summed E-state index contributed by atoms with van der Waals surface area (Å²) in [6, 6.07) is 10.8. The third-order valence-corrected chi connectivity index (χ3v) is 3.65. The lowest BCUT2D eigenvalue weighted by molar-refractivity contribution is -0.116. The summed E-state index contributed by atoms with van der Waals surface area (Å²) < 4.78 is 1.72. The molecule has 2 aromatic heterocycles. The molecule has 128 valence electrons. The number of aryl methyl sites for hydroxylation is 2. The number of para-hydroxylation sites is 1. The molecule has 0 fully saturated rings. The molecule has 2 N–H and O–H groups in total. The quantitative estimate of drug-likeness (QED) is 0.748. The van der Waals surface area contributed by atoms with E-state index in [1.807, 2.05) is 50.2 Å². The van der Waals surface area contributed by atoms with Crippen LogP contribution in [0.3, 0.4) is 0 Å². The Morgan fingerprint density at radius 3 is 2.60 bits per heavy atom. The predicted octanol–water partition coefficient (Wildman–Crippen LogP) is 2.72. The van der Waals surface area contributed by atoms with E-state index in [1.165, 1.54) is 0 Å². The first-order valence-electron chi connectivity index (χ1n) is 8.01. The van der Waals surface area contributed by atoms with Crippen molar-refractivity contribution in [3.8, 4) is 5.82 Å². The summed E-state index contributed by atoms with van der Waals surface area (Å²) in [5.74, 6) is 0.969. The molecule has 25 heavy (non-hydrogen) atoms. The van der Waals surface area contributed by atoms with Gasteiger partial charge in [-0.05, 0) is 39.0 Å². The number of nitrogens with one attached hydrogen (secondary N) is 2. The summed E-state index contributed by atoms with van der Waals surface area (Å²) in [6.45, 7) is 5.66. The summed E-state index contributed by atoms with van der Waals surface area (Å²) in [5.41, 5.74) is 2.63. The Morgan fingerprint density at radius 2 is 1.92 bits per heavy atom. The van der Waals surface area contributed by atoms with Gasteiger partial charge in [-0.1, -0.05) is 18.2 Å². The second-order valence-corrected chi connectivity index (χ2v) is 5.82. The zero-order valence-corrected chi connectivity index (χ0v) is 14.4. The summed E-state index contributed by atoms with van der Waals surface area (Å²) in [4.78, 5) is 21.0. The molecule has 0 radical (unpaired) electrons. The molecule has 0 saturated heterocycles. The first-order chi connectivity index (χ1) is 12.0. The maximum Gasteiger partial charge on any atom is 0.246 e. The van der Waals surface area contributed by atoms with Crippen LogP contribution in [-0.2, 0) is 4.79 Å². The number of rotatable bonds is 5. The summed E-state index contributed by atoms with van der Waals surface area (Å²) >= 11 is 0. The van der Waals surface area contributed by atoms with E-state index in [9.17, 15) is 4.79 Å². The van der Waals surface area contributed by atoms with Gasteiger partial charge in [0.15, 0.2) is 5.82 Å². The predicted molar refractivity (Wildman–Crippen MR) is 96.8 cm³/mol. The number of carbonyl (C=O) groups excluding carboxylic acids is 1. The van der Waals surface area contributed by atoms with E-state index >= 15 is 0 Å². The van der Waals surface area contributed by atoms with Crippen molar-refractivity contribution in [1.29, 1.82) is 0 Å². The van der Waals surface area contributed by atoms with E-state index in [2.05, 4.69) is 25.7 Å². The largest absolute Gasteiger partial charge is 0.357 e. The number of nitrogens with zero attached hydrogens (tertiary/aromatic N) is 4. The minimum atomic E-state index is -0.467. The van der Waals surface area contributed by atoms with Crippen LogP contribution in [0.1, 0.15) is 18.3 Å². The van der Waals surface area contributed by atoms with E-state index in [0.29, 0.717) is 11.6 Å². The van der Waals surface area contributed by atoms with E-state index < -0.39 is 6.04 Å². The smallest absolute Gasteiger partial charge is 0.246 e. The number of amides is 1. The average Bonchev–Trinajstić information content (AvgIpc) is 2.94. The van der Waals surface area contributed by atoms with Gasteiger partial charge in [0.1, 0.15) is 11.9 Å². The van der Waals surface area contributed by atoms with Gasteiger partial charge in [0.05, 0.1) is 18.1 Å². The number of hydrogen-bond acceptors (Lipinski definition) is 5. The van der Waals surface area contributed by atoms with Gasteiger partial charge in [-0.3, -0.25) is 9.78 Å². The first kappa shape index (κ1) is 16.6. The molecule has 0 spiro atoms. The van der Waals surface area contributed by atoms with Crippen LogP contribution in [0.4, 0.5) is 11.5 Å². The normalized spacial score (nSPS) is 11.8. The second-order valence-electron chi connectivity index (χ2n) is 5.82. The molecular weight excluding hydrogens is 316 g/mol. The SMILES string of the molecule is Cc1cc(C)n(-c2cncc(NC(C)C(=O)Nc3ccccc3)n2)n1. The van der Waals surface area contributed by atoms with Crippen LogP contribution in [0, 0.1) is 13.8 Å². The van der Waals surface area contributed by atoms with E-state index in [1.54, 1.807) is 24.0 Å². The monoisotopic (exact) mass is 336 g/mol. The molecule has 0 aliphatic carbocycles. The first-order valence-corrected chi connectivity index (χ1v) is 8.01. The highest BCUT2D eigenvalue weighted by Crippen LogP contribution is 2.12. The van der Waals surface area contributed by atoms with Gasteiger partial charge < -0.3 is 10.6 Å². The van der Waals surface area contributed by atoms with Crippen LogP contribution in [0.2, 0.25) is 0 Å². The van der Waals surface area contributed by atoms with Crippen molar-refractivity contribution in [2.45, 2.75) is 26.8 Å². The van der Waals surface area contributed by atoms with Crippen LogP contribution < -0.4 is 10.6 Å². The van der Waals surface area contributed by atoms with Gasteiger partial charge >= 0.3 is 0 Å². The van der Waals surface area contributed by atoms with Gasteiger partial charge in [0, 0.05) is 11.4 Å². The van der Waals surface area contributed by atoms with Crippen molar-refractivity contribution < 1.29 is 4.79 Å². The fourth-order valence-electron chi connectivity index (χ4n) is 2.45. The van der Waals surface area contributed by atoms with E-state index in [0.717, 1.165) is 17.1 Å². The minimum absolute atomic E-state index is 0.149. The average molecular weight is 336 g/mol. The molecule has 7 heteroatoms. The third kappa shape index (κ3) is 4.00. The molecule has 0 saturated carbocycles. The molecule has 0 bridgehead atoms. The maximum atomic E-state index is 12.3. The zero-order valence-electron chi connectivity index (χ0n) is 14.4. The van der Waals surface area contributed by atoms with Gasteiger partial charge in [-0.2, -0.15) is 5.10 Å². The van der Waals surface area contributed by atoms with Gasteiger partial charge in [0.25, 0.3) is 0 Å². The molecule has 7 nitrogen and oxygen atoms in total. The summed E-state index contributed by atoms with van der Waals surface area (Å²) in [7, 11) is 0. The Hall–Kier alpha value is -3.22. The van der Waals surface area contributed by atoms with Crippen LogP contribution in [0.5, 0.6) is 0 Å². The highest BCUT2D eigenvalue weighted by atomic mass is 16.2. The van der Waals surface area contributed by atoms with Crippen molar-refractivity contribution in [3.63, 3.8) is 0 Å². The standard InChI is InChI=1S/C18H20N6O/c1-12-9-13(2)24(23-12)17-11-19-10-16(22-17)20-14(3)18(25)21-15-7-5-4-6-8-15/h4-11,14H,1-3H3,(H,20,22)(H,21,25). The van der Waals surface area contributed by atoms with Crippen molar-refractivity contribution in [2.75, 3.05) is 10.6 Å². The highest BCUT2D eigenvalue weighted by molar-refractivity contribution is 5.96. The van der Waals surface area contributed by atoms with Crippen LogP contribution >= 0.6 is 0 Å². The Balaban J connectivity index is 1.71. The fourth-order valence-corrected chi connectivity index (χ4v) is 2.45. The lowest BCUT2D eigenvalue weighted by atomic mass is 10.2. The highest BCUT2D eigenvalue weighted by Gasteiger charge is 2.14. The molecular formula is C18H20N6O. The molecule has 2 heterocycles. The molecule has 3 aromatic rings. The minimum Gasteiger partial charge on any atom is -0.357 e. The maximum absolute atomic E-state index is 12.3. The summed E-state index contributed by atoms with van der Waals surface area (Å²) in [6.07, 6.45) is 3.22. The fraction of sp³-hybridized carbons (Fsp3) is 0.222. The van der Waals surface area contributed by atoms with Crippen molar-refractivity contribution in [1.82, 2.24) is 19.7 Å². The molecule has 1 amide bonds. The topological polar surface area (TPSA) is 84.7 Å². The number of benzene rings is 1. The van der Waals surface area contributed by atoms with Crippen LogP contribution in [0.25, 0.3) is 5.82 Å². The van der Waals surface area contributed by atoms with Crippen LogP contribution in [0.15, 0.2) is 48.8 Å². The molecule has 3 rings (SSSR count). The number of anilines is 2. The lowest BCUT2D eigenvalue weighted by Crippen LogP contribution is -2.32. The third-order valence-electron chi connectivity index (χ3n) is 3.65. The second kappa shape index (κ2) is 7.12. The van der Waals surface area contributed by atoms with Gasteiger partial charge in [-0.15, -0.1) is 0 Å². The van der Waals surface area contributed by atoms with E-state index in [-0.39, 0.29) is 5.91 Å². The molecule has 0 aliphatic rings. The summed E-state index contributed by atoms with van der Waals surface area (Å²) in [5, 5.41) is 10.3. The number of carbonyl (C=O) groups is 1. The number of hydrogen-bond donors (Lipinski definition) is 2. The van der Waals surface area contributed by atoms with E-state index in [4.69, 9.17) is 0 Å². The van der Waals surface area contributed by atoms with Gasteiger partial charge in [0.2, 0.25) is 5.91 Å². The van der Waals surface area contributed by atoms with Crippen molar-refractivity contribution in [3.05, 3.63) is 60.2 Å². The van der Waals surface area contributed by atoms with Gasteiger partial charge in [-0.25, -0.2) is 9.67 Å².